The lowest BCUT2D eigenvalue weighted by Gasteiger charge is -2.16. The molecule has 5 nitrogen and oxygen atoms in total. The van der Waals surface area contributed by atoms with Gasteiger partial charge in [0.05, 0.1) is 11.6 Å². The first-order valence-electron chi connectivity index (χ1n) is 10.1. The van der Waals surface area contributed by atoms with E-state index in [4.69, 9.17) is 9.47 Å². The van der Waals surface area contributed by atoms with E-state index in [0.717, 1.165) is 28.3 Å². The van der Waals surface area contributed by atoms with Gasteiger partial charge < -0.3 is 14.8 Å². The van der Waals surface area contributed by atoms with Crippen molar-refractivity contribution in [3.63, 3.8) is 0 Å². The van der Waals surface area contributed by atoms with Gasteiger partial charge in [0, 0.05) is 11.3 Å². The molecule has 2 aromatic carbocycles. The maximum absolute atomic E-state index is 13.0. The second kappa shape index (κ2) is 9.75. The number of rotatable bonds is 8. The molecule has 31 heavy (non-hydrogen) atoms. The van der Waals surface area contributed by atoms with Gasteiger partial charge in [-0.1, -0.05) is 42.5 Å². The van der Waals surface area contributed by atoms with Gasteiger partial charge >= 0.3 is 0 Å². The van der Waals surface area contributed by atoms with E-state index in [-0.39, 0.29) is 24.4 Å². The van der Waals surface area contributed by atoms with Crippen LogP contribution in [0.2, 0.25) is 0 Å². The zero-order valence-electron chi connectivity index (χ0n) is 17.1. The summed E-state index contributed by atoms with van der Waals surface area (Å²) in [6.07, 6.45) is 3.25. The predicted molar refractivity (Wildman–Crippen MR) is 118 cm³/mol. The predicted octanol–water partition coefficient (Wildman–Crippen LogP) is 5.33. The summed E-state index contributed by atoms with van der Waals surface area (Å²) >= 11 is 1.46. The number of hydrogen-bond donors (Lipinski definition) is 1. The zero-order chi connectivity index (χ0) is 21.6. The summed E-state index contributed by atoms with van der Waals surface area (Å²) < 4.78 is 24.0. The molecule has 7 heteroatoms. The van der Waals surface area contributed by atoms with E-state index < -0.39 is 0 Å². The van der Waals surface area contributed by atoms with Crippen LogP contribution in [0.1, 0.15) is 34.0 Å². The number of amides is 1. The lowest BCUT2D eigenvalue weighted by Crippen LogP contribution is -2.12. The first kappa shape index (κ1) is 21.1. The Kier molecular flexibility index (Phi) is 6.62. The molecule has 1 aliphatic rings. The molecular weight excluding hydrogens is 415 g/mol. The summed E-state index contributed by atoms with van der Waals surface area (Å²) in [6, 6.07) is 16.4. The first-order valence-corrected chi connectivity index (χ1v) is 10.9. The van der Waals surface area contributed by atoms with Gasteiger partial charge in [0.1, 0.15) is 17.8 Å². The molecular formula is C24H23FN2O3S. The summed E-state index contributed by atoms with van der Waals surface area (Å²) in [5.41, 5.74) is 2.96. The number of thiazole rings is 1. The van der Waals surface area contributed by atoms with E-state index in [1.165, 1.54) is 29.0 Å². The van der Waals surface area contributed by atoms with Crippen molar-refractivity contribution in [1.29, 1.82) is 0 Å². The second-order valence-electron chi connectivity index (χ2n) is 7.33. The smallest absolute Gasteiger partial charge is 0.229 e. The van der Waals surface area contributed by atoms with Crippen LogP contribution in [0.25, 0.3) is 0 Å². The highest BCUT2D eigenvalue weighted by atomic mass is 32.1. The van der Waals surface area contributed by atoms with Crippen molar-refractivity contribution >= 4 is 22.4 Å². The minimum Gasteiger partial charge on any atom is -0.462 e. The van der Waals surface area contributed by atoms with E-state index in [9.17, 15) is 9.18 Å². The van der Waals surface area contributed by atoms with Gasteiger partial charge in [-0.25, -0.2) is 9.37 Å². The van der Waals surface area contributed by atoms with Crippen LogP contribution < -0.4 is 5.32 Å². The number of aryl methyl sites for hydroxylation is 2. The van der Waals surface area contributed by atoms with Crippen LogP contribution in [0.3, 0.4) is 0 Å². The number of benzene rings is 2. The largest absolute Gasteiger partial charge is 0.462 e. The molecule has 160 valence electrons. The molecule has 4 rings (SSSR count). The van der Waals surface area contributed by atoms with E-state index >= 15 is 0 Å². The fraction of sp³-hybridized carbons (Fsp3) is 0.250. The standard InChI is InChI=1S/C24H23FN2O3S/c1-16-23(20(21-14-29-15-30-21)13-18-5-3-2-4-6-18)31-24(26-16)27-22(28)12-9-17-7-10-19(25)11-8-17/h2-8,10-11,14,20H,9,12-13,15H2,1H3,(H,26,27,28). The molecule has 0 bridgehead atoms. The first-order chi connectivity index (χ1) is 15.1. The molecule has 0 spiro atoms. The fourth-order valence-electron chi connectivity index (χ4n) is 3.48. The average molecular weight is 439 g/mol. The van der Waals surface area contributed by atoms with Crippen molar-refractivity contribution in [3.8, 4) is 0 Å². The maximum Gasteiger partial charge on any atom is 0.229 e. The SMILES string of the molecule is Cc1nc(NC(=O)CCc2ccc(F)cc2)sc1C(Cc1ccccc1)C1=COCO1. The molecule has 0 saturated carbocycles. The number of nitrogens with zero attached hydrogens (tertiary/aromatic N) is 1. The fourth-order valence-corrected chi connectivity index (χ4v) is 4.57. The van der Waals surface area contributed by atoms with Gasteiger partial charge in [0.2, 0.25) is 12.7 Å². The number of halogens is 1. The van der Waals surface area contributed by atoms with Gasteiger partial charge in [0.15, 0.2) is 5.13 Å². The highest BCUT2D eigenvalue weighted by molar-refractivity contribution is 7.16. The van der Waals surface area contributed by atoms with Crippen LogP contribution >= 0.6 is 11.3 Å². The van der Waals surface area contributed by atoms with Gasteiger partial charge in [-0.2, -0.15) is 0 Å². The Morgan fingerprint density at radius 3 is 2.65 bits per heavy atom. The molecule has 1 N–H and O–H groups in total. The van der Waals surface area contributed by atoms with Crippen molar-refractivity contribution in [1.82, 2.24) is 4.98 Å². The second-order valence-corrected chi connectivity index (χ2v) is 8.37. The lowest BCUT2D eigenvalue weighted by molar-refractivity contribution is -0.116. The van der Waals surface area contributed by atoms with Crippen LogP contribution in [0.4, 0.5) is 9.52 Å². The molecule has 1 aromatic heterocycles. The summed E-state index contributed by atoms with van der Waals surface area (Å²) in [6.45, 7) is 2.15. The number of nitrogens with one attached hydrogen (secondary N) is 1. The van der Waals surface area contributed by atoms with Crippen LogP contribution in [0.15, 0.2) is 66.6 Å². The number of carbonyl (C=O) groups is 1. The Bertz CT molecular complexity index is 1060. The average Bonchev–Trinajstić information content (AvgIpc) is 3.42. The van der Waals surface area contributed by atoms with E-state index in [2.05, 4.69) is 22.4 Å². The van der Waals surface area contributed by atoms with Gasteiger partial charge in [-0.15, -0.1) is 11.3 Å². The highest BCUT2D eigenvalue weighted by Gasteiger charge is 2.27. The highest BCUT2D eigenvalue weighted by Crippen LogP contribution is 2.38. The van der Waals surface area contributed by atoms with E-state index in [1.54, 1.807) is 18.4 Å². The normalized spacial score (nSPS) is 13.8. The quantitative estimate of drug-likeness (QED) is 0.516. The van der Waals surface area contributed by atoms with Crippen molar-refractivity contribution in [2.24, 2.45) is 0 Å². The van der Waals surface area contributed by atoms with Crippen LogP contribution in [-0.4, -0.2) is 17.7 Å². The number of allylic oxidation sites excluding steroid dienone is 1. The Morgan fingerprint density at radius 1 is 1.16 bits per heavy atom. The molecule has 2 heterocycles. The molecule has 0 aliphatic carbocycles. The summed E-state index contributed by atoms with van der Waals surface area (Å²) in [4.78, 5) is 18.0. The Hall–Kier alpha value is -3.19. The Labute approximate surface area is 184 Å². The van der Waals surface area contributed by atoms with Crippen molar-refractivity contribution < 1.29 is 18.7 Å². The Balaban J connectivity index is 1.45. The molecule has 0 fully saturated rings. The number of hydrogen-bond acceptors (Lipinski definition) is 5. The molecule has 1 atom stereocenters. The maximum atomic E-state index is 13.0. The number of carbonyl (C=O) groups excluding carboxylic acids is 1. The van der Waals surface area contributed by atoms with Crippen molar-refractivity contribution in [2.75, 3.05) is 12.1 Å². The van der Waals surface area contributed by atoms with E-state index in [1.807, 2.05) is 25.1 Å². The summed E-state index contributed by atoms with van der Waals surface area (Å²) in [5.74, 6) is 0.330. The van der Waals surface area contributed by atoms with Crippen molar-refractivity contribution in [3.05, 3.63) is 94.1 Å². The molecule has 3 aromatic rings. The molecule has 1 amide bonds. The minimum atomic E-state index is -0.282. The Morgan fingerprint density at radius 2 is 1.94 bits per heavy atom. The van der Waals surface area contributed by atoms with Gasteiger partial charge in [0.25, 0.3) is 0 Å². The van der Waals surface area contributed by atoms with Crippen molar-refractivity contribution in [2.45, 2.75) is 32.1 Å². The molecule has 0 radical (unpaired) electrons. The summed E-state index contributed by atoms with van der Waals surface area (Å²) in [5, 5.41) is 3.46. The number of ether oxygens (including phenoxy) is 2. The third-order valence-electron chi connectivity index (χ3n) is 5.07. The van der Waals surface area contributed by atoms with E-state index in [0.29, 0.717) is 18.0 Å². The van der Waals surface area contributed by atoms with Gasteiger partial charge in [-0.05, 0) is 43.0 Å². The minimum absolute atomic E-state index is 0.0349. The van der Waals surface area contributed by atoms with Gasteiger partial charge in [-0.3, -0.25) is 4.79 Å². The topological polar surface area (TPSA) is 60.5 Å². The number of aromatic nitrogens is 1. The molecule has 1 aliphatic heterocycles. The van der Waals surface area contributed by atoms with Crippen LogP contribution in [-0.2, 0) is 27.1 Å². The van der Waals surface area contributed by atoms with Crippen LogP contribution in [0.5, 0.6) is 0 Å². The molecule has 1 unspecified atom stereocenters. The number of anilines is 1. The summed E-state index contributed by atoms with van der Waals surface area (Å²) in [7, 11) is 0. The third-order valence-corrected chi connectivity index (χ3v) is 6.26. The van der Waals surface area contributed by atoms with Crippen LogP contribution in [0, 0.1) is 12.7 Å². The molecule has 0 saturated heterocycles. The monoisotopic (exact) mass is 438 g/mol. The zero-order valence-corrected chi connectivity index (χ0v) is 18.0. The lowest BCUT2D eigenvalue weighted by atomic mass is 9.95. The third kappa shape index (κ3) is 5.49.